The molecule has 0 aliphatic heterocycles. The summed E-state index contributed by atoms with van der Waals surface area (Å²) in [6, 6.07) is 6.51. The van der Waals surface area contributed by atoms with Gasteiger partial charge in [0.15, 0.2) is 5.82 Å². The summed E-state index contributed by atoms with van der Waals surface area (Å²) in [6.07, 6.45) is 5.38. The SMILES string of the molecule is O=c1c(NCc2ccc([N+](=O)[O-])cc2)nccn1C1CC1. The Morgan fingerprint density at radius 3 is 2.67 bits per heavy atom. The summed E-state index contributed by atoms with van der Waals surface area (Å²) < 4.78 is 1.70. The molecule has 1 heterocycles. The quantitative estimate of drug-likeness (QED) is 0.671. The van der Waals surface area contributed by atoms with Crippen LogP contribution in [0.1, 0.15) is 24.4 Å². The van der Waals surface area contributed by atoms with Crippen LogP contribution in [0, 0.1) is 10.1 Å². The van der Waals surface area contributed by atoms with Gasteiger partial charge in [-0.25, -0.2) is 4.98 Å². The third kappa shape index (κ3) is 2.91. The van der Waals surface area contributed by atoms with Crippen LogP contribution in [0.2, 0.25) is 0 Å². The summed E-state index contributed by atoms with van der Waals surface area (Å²) in [5.74, 6) is 0.308. The molecule has 1 fully saturated rings. The standard InChI is InChI=1S/C14H14N4O3/c19-14-13(15-7-8-17(14)11-5-6-11)16-9-10-1-3-12(4-2-10)18(20)21/h1-4,7-8,11H,5-6,9H2,(H,15,16). The van der Waals surface area contributed by atoms with E-state index in [-0.39, 0.29) is 11.2 Å². The molecule has 0 spiro atoms. The maximum absolute atomic E-state index is 12.2. The van der Waals surface area contributed by atoms with Gasteiger partial charge in [-0.05, 0) is 18.4 Å². The Labute approximate surface area is 120 Å². The highest BCUT2D eigenvalue weighted by Gasteiger charge is 2.25. The van der Waals surface area contributed by atoms with Crippen molar-refractivity contribution in [2.75, 3.05) is 5.32 Å². The molecule has 0 bridgehead atoms. The monoisotopic (exact) mass is 286 g/mol. The molecule has 1 aliphatic rings. The van der Waals surface area contributed by atoms with Crippen LogP contribution >= 0.6 is 0 Å². The average Bonchev–Trinajstić information content (AvgIpc) is 3.31. The normalized spacial score (nSPS) is 13.9. The Kier molecular flexibility index (Phi) is 3.39. The Morgan fingerprint density at radius 1 is 1.33 bits per heavy atom. The van der Waals surface area contributed by atoms with Crippen molar-refractivity contribution in [1.29, 1.82) is 0 Å². The lowest BCUT2D eigenvalue weighted by molar-refractivity contribution is -0.384. The molecule has 1 aromatic carbocycles. The van der Waals surface area contributed by atoms with E-state index in [1.807, 2.05) is 0 Å². The lowest BCUT2D eigenvalue weighted by Crippen LogP contribution is -2.23. The number of nitro groups is 1. The highest BCUT2D eigenvalue weighted by molar-refractivity contribution is 5.36. The van der Waals surface area contributed by atoms with Gasteiger partial charge in [-0.15, -0.1) is 0 Å². The van der Waals surface area contributed by atoms with Gasteiger partial charge in [0.2, 0.25) is 0 Å². The van der Waals surface area contributed by atoms with E-state index in [2.05, 4.69) is 10.3 Å². The predicted molar refractivity (Wildman–Crippen MR) is 77.2 cm³/mol. The molecule has 0 unspecified atom stereocenters. The summed E-state index contributed by atoms with van der Waals surface area (Å²) in [6.45, 7) is 0.398. The minimum Gasteiger partial charge on any atom is -0.361 e. The summed E-state index contributed by atoms with van der Waals surface area (Å²) in [4.78, 5) is 26.4. The van der Waals surface area contributed by atoms with Crippen LogP contribution in [0.25, 0.3) is 0 Å². The second kappa shape index (κ2) is 5.35. The molecule has 1 saturated carbocycles. The zero-order valence-electron chi connectivity index (χ0n) is 11.2. The second-order valence-corrected chi connectivity index (χ2v) is 5.00. The molecule has 7 heteroatoms. The molecular weight excluding hydrogens is 272 g/mol. The Bertz CT molecular complexity index is 720. The molecule has 0 radical (unpaired) electrons. The second-order valence-electron chi connectivity index (χ2n) is 5.00. The van der Waals surface area contributed by atoms with Gasteiger partial charge in [0.05, 0.1) is 4.92 Å². The molecule has 1 aromatic heterocycles. The van der Waals surface area contributed by atoms with Gasteiger partial charge in [-0.2, -0.15) is 0 Å². The van der Waals surface area contributed by atoms with Gasteiger partial charge in [-0.1, -0.05) is 12.1 Å². The minimum atomic E-state index is -0.440. The van der Waals surface area contributed by atoms with Crippen molar-refractivity contribution in [2.45, 2.75) is 25.4 Å². The van der Waals surface area contributed by atoms with Crippen LogP contribution < -0.4 is 10.9 Å². The minimum absolute atomic E-state index is 0.0488. The number of nitro benzene ring substituents is 1. The van der Waals surface area contributed by atoms with Crippen molar-refractivity contribution in [3.8, 4) is 0 Å². The van der Waals surface area contributed by atoms with Gasteiger partial charge >= 0.3 is 0 Å². The Hall–Kier alpha value is -2.70. The van der Waals surface area contributed by atoms with Crippen LogP contribution in [0.5, 0.6) is 0 Å². The lowest BCUT2D eigenvalue weighted by Gasteiger charge is -2.08. The summed E-state index contributed by atoms with van der Waals surface area (Å²) in [5, 5.41) is 13.6. The van der Waals surface area contributed by atoms with Crippen molar-refractivity contribution in [3.63, 3.8) is 0 Å². The van der Waals surface area contributed by atoms with E-state index in [0.717, 1.165) is 18.4 Å². The number of benzene rings is 1. The van der Waals surface area contributed by atoms with Gasteiger partial charge in [0.25, 0.3) is 11.2 Å². The molecule has 1 aliphatic carbocycles. The fraction of sp³-hybridized carbons (Fsp3) is 0.286. The lowest BCUT2D eigenvalue weighted by atomic mass is 10.2. The number of nitrogens with one attached hydrogen (secondary N) is 1. The van der Waals surface area contributed by atoms with E-state index in [1.165, 1.54) is 12.1 Å². The van der Waals surface area contributed by atoms with Crippen molar-refractivity contribution in [1.82, 2.24) is 9.55 Å². The van der Waals surface area contributed by atoms with Gasteiger partial charge in [0, 0.05) is 37.1 Å². The molecule has 0 saturated heterocycles. The number of rotatable bonds is 5. The van der Waals surface area contributed by atoms with Crippen molar-refractivity contribution in [3.05, 3.63) is 62.7 Å². The van der Waals surface area contributed by atoms with E-state index in [0.29, 0.717) is 18.4 Å². The first-order chi connectivity index (χ1) is 10.1. The third-order valence-corrected chi connectivity index (χ3v) is 3.42. The summed E-state index contributed by atoms with van der Waals surface area (Å²) in [7, 11) is 0. The van der Waals surface area contributed by atoms with Crippen LogP contribution in [0.4, 0.5) is 11.5 Å². The summed E-state index contributed by atoms with van der Waals surface area (Å²) in [5.41, 5.74) is 0.776. The zero-order chi connectivity index (χ0) is 14.8. The molecule has 0 atom stereocenters. The molecule has 0 amide bonds. The molecule has 108 valence electrons. The molecule has 3 rings (SSSR count). The number of nitrogens with zero attached hydrogens (tertiary/aromatic N) is 3. The Balaban J connectivity index is 1.71. The van der Waals surface area contributed by atoms with E-state index >= 15 is 0 Å². The van der Waals surface area contributed by atoms with Gasteiger partial charge in [-0.3, -0.25) is 14.9 Å². The first-order valence-electron chi connectivity index (χ1n) is 6.69. The number of non-ortho nitro benzene ring substituents is 1. The third-order valence-electron chi connectivity index (χ3n) is 3.42. The highest BCUT2D eigenvalue weighted by Crippen LogP contribution is 2.33. The van der Waals surface area contributed by atoms with E-state index in [4.69, 9.17) is 0 Å². The van der Waals surface area contributed by atoms with Gasteiger partial charge < -0.3 is 9.88 Å². The summed E-state index contributed by atoms with van der Waals surface area (Å²) >= 11 is 0. The van der Waals surface area contributed by atoms with Crippen molar-refractivity contribution < 1.29 is 4.92 Å². The van der Waals surface area contributed by atoms with Crippen LogP contribution in [0.3, 0.4) is 0 Å². The van der Waals surface area contributed by atoms with E-state index < -0.39 is 4.92 Å². The largest absolute Gasteiger partial charge is 0.361 e. The van der Waals surface area contributed by atoms with E-state index in [9.17, 15) is 14.9 Å². The molecule has 2 aromatic rings. The van der Waals surface area contributed by atoms with E-state index in [1.54, 1.807) is 29.1 Å². The number of hydrogen-bond donors (Lipinski definition) is 1. The maximum Gasteiger partial charge on any atom is 0.293 e. The first-order valence-corrected chi connectivity index (χ1v) is 6.69. The predicted octanol–water partition coefficient (Wildman–Crippen LogP) is 2.10. The van der Waals surface area contributed by atoms with Crippen molar-refractivity contribution >= 4 is 11.5 Å². The first kappa shape index (κ1) is 13.3. The van der Waals surface area contributed by atoms with Crippen LogP contribution in [0.15, 0.2) is 41.5 Å². The van der Waals surface area contributed by atoms with Crippen LogP contribution in [-0.2, 0) is 6.54 Å². The van der Waals surface area contributed by atoms with Crippen molar-refractivity contribution in [2.24, 2.45) is 0 Å². The highest BCUT2D eigenvalue weighted by atomic mass is 16.6. The zero-order valence-corrected chi connectivity index (χ0v) is 11.2. The van der Waals surface area contributed by atoms with Gasteiger partial charge in [0.1, 0.15) is 0 Å². The Morgan fingerprint density at radius 2 is 2.05 bits per heavy atom. The fourth-order valence-corrected chi connectivity index (χ4v) is 2.11. The fourth-order valence-electron chi connectivity index (χ4n) is 2.11. The topological polar surface area (TPSA) is 90.1 Å². The smallest absolute Gasteiger partial charge is 0.293 e. The number of hydrogen-bond acceptors (Lipinski definition) is 5. The molecule has 7 nitrogen and oxygen atoms in total. The molecule has 1 N–H and O–H groups in total. The number of anilines is 1. The molecule has 21 heavy (non-hydrogen) atoms. The van der Waals surface area contributed by atoms with Crippen LogP contribution in [-0.4, -0.2) is 14.5 Å². The average molecular weight is 286 g/mol. The maximum atomic E-state index is 12.2. The number of aromatic nitrogens is 2. The molecular formula is C14H14N4O3.